The van der Waals surface area contributed by atoms with Crippen molar-refractivity contribution >= 4 is 17.9 Å². The quantitative estimate of drug-likeness (QED) is 0.314. The molecule has 3 N–H and O–H groups in total. The van der Waals surface area contributed by atoms with Crippen LogP contribution in [-0.4, -0.2) is 75.1 Å². The molecule has 10 heteroatoms. The zero-order chi connectivity index (χ0) is 21.8. The number of rotatable bonds is 0. The Morgan fingerprint density at radius 1 is 1.03 bits per heavy atom. The average molecular weight is 424 g/mol. The lowest BCUT2D eigenvalue weighted by Gasteiger charge is -2.46. The molecule has 4 heterocycles. The van der Waals surface area contributed by atoms with Crippen LogP contribution >= 0.6 is 0 Å². The average Bonchev–Trinajstić information content (AvgIpc) is 3.32. The maximum absolute atomic E-state index is 13.4. The molecule has 2 saturated carbocycles. The second-order valence-corrected chi connectivity index (χ2v) is 10.7. The highest BCUT2D eigenvalue weighted by Crippen LogP contribution is 2.84. The van der Waals surface area contributed by atoms with Gasteiger partial charge in [0.1, 0.15) is 12.2 Å². The highest BCUT2D eigenvalue weighted by Gasteiger charge is 3.02. The largest absolute Gasteiger partial charge is 0.459 e. The molecule has 6 aliphatic rings. The first-order chi connectivity index (χ1) is 13.8. The Balaban J connectivity index is 1.71. The molecule has 6 fully saturated rings. The number of hydrogen-bond acceptors (Lipinski definition) is 10. The fraction of sp³-hybridized carbons (Fsp3) is 0.850. The normalized spacial score (nSPS) is 60.1. The summed E-state index contributed by atoms with van der Waals surface area (Å²) < 4.78 is 22.6. The van der Waals surface area contributed by atoms with Gasteiger partial charge in [0.05, 0.1) is 22.9 Å². The lowest BCUT2D eigenvalue weighted by Crippen LogP contribution is -2.66. The van der Waals surface area contributed by atoms with Gasteiger partial charge in [-0.05, 0) is 12.3 Å². The summed E-state index contributed by atoms with van der Waals surface area (Å²) in [5.74, 6) is -4.43. The van der Waals surface area contributed by atoms with Crippen LogP contribution in [0.4, 0.5) is 0 Å². The summed E-state index contributed by atoms with van der Waals surface area (Å²) >= 11 is 0. The van der Waals surface area contributed by atoms with Gasteiger partial charge in [-0.1, -0.05) is 20.8 Å². The maximum Gasteiger partial charge on any atom is 0.342 e. The molecule has 4 unspecified atom stereocenters. The van der Waals surface area contributed by atoms with Gasteiger partial charge >= 0.3 is 17.9 Å². The summed E-state index contributed by atoms with van der Waals surface area (Å²) in [5.41, 5.74) is -7.95. The summed E-state index contributed by atoms with van der Waals surface area (Å²) in [4.78, 5) is 38.2. The molecule has 0 aromatic rings. The Morgan fingerprint density at radius 2 is 1.70 bits per heavy atom. The third-order valence-electron chi connectivity index (χ3n) is 8.91. The molecule has 0 bridgehead atoms. The minimum atomic E-state index is -2.12. The van der Waals surface area contributed by atoms with Gasteiger partial charge < -0.3 is 34.3 Å². The van der Waals surface area contributed by atoms with Crippen LogP contribution in [0.15, 0.2) is 0 Å². The van der Waals surface area contributed by atoms with Gasteiger partial charge in [0.25, 0.3) is 0 Å². The summed E-state index contributed by atoms with van der Waals surface area (Å²) in [6, 6.07) is 0. The molecule has 164 valence electrons. The molecule has 0 aromatic carbocycles. The molecule has 11 atom stereocenters. The number of ether oxygens (including phenoxy) is 4. The number of carbonyl (C=O) groups excluding carboxylic acids is 3. The summed E-state index contributed by atoms with van der Waals surface area (Å²) in [6.45, 7) is 6.97. The van der Waals surface area contributed by atoms with Crippen molar-refractivity contribution in [2.24, 2.45) is 28.1 Å². The van der Waals surface area contributed by atoms with E-state index in [4.69, 9.17) is 18.9 Å². The van der Waals surface area contributed by atoms with E-state index in [0.29, 0.717) is 0 Å². The van der Waals surface area contributed by atoms with Crippen molar-refractivity contribution in [2.75, 3.05) is 0 Å². The Morgan fingerprint density at radius 3 is 2.33 bits per heavy atom. The first-order valence-electron chi connectivity index (χ1n) is 10.2. The zero-order valence-corrected chi connectivity index (χ0v) is 16.9. The molecule has 30 heavy (non-hydrogen) atoms. The standard InChI is InChI=1S/C20H24O10/c1-6-12(23)27-7-5-17-11-8(21)9(16(2,3)4)18(17)10(22)13(24)29-15(18)30-20(17,14(25)28-11)19(6,7)26/h6-11,15,21-22,26H,5H2,1-4H3/t6-,7+,8-,9?,10?,11-,15+,17?,18?,19-,20-/m1/s1. The molecule has 0 aromatic heterocycles. The van der Waals surface area contributed by atoms with E-state index in [1.54, 1.807) is 0 Å². The van der Waals surface area contributed by atoms with Gasteiger partial charge in [-0.2, -0.15) is 0 Å². The summed E-state index contributed by atoms with van der Waals surface area (Å²) in [5, 5.41) is 34.4. The number of hydrogen-bond donors (Lipinski definition) is 3. The Hall–Kier alpha value is -1.75. The third kappa shape index (κ3) is 1.35. The molecule has 4 aliphatic heterocycles. The molecule has 4 saturated heterocycles. The van der Waals surface area contributed by atoms with Crippen molar-refractivity contribution in [3.63, 3.8) is 0 Å². The van der Waals surface area contributed by atoms with Crippen LogP contribution in [-0.2, 0) is 33.3 Å². The van der Waals surface area contributed by atoms with Crippen molar-refractivity contribution in [1.82, 2.24) is 0 Å². The van der Waals surface area contributed by atoms with E-state index in [1.807, 2.05) is 20.8 Å². The number of aliphatic hydroxyl groups is 3. The lowest BCUT2D eigenvalue weighted by atomic mass is 9.51. The van der Waals surface area contributed by atoms with E-state index < -0.39 is 87.9 Å². The monoisotopic (exact) mass is 424 g/mol. The van der Waals surface area contributed by atoms with E-state index in [2.05, 4.69) is 0 Å². The maximum atomic E-state index is 13.4. The van der Waals surface area contributed by atoms with Crippen molar-refractivity contribution in [2.45, 2.75) is 76.0 Å². The van der Waals surface area contributed by atoms with Crippen molar-refractivity contribution in [1.29, 1.82) is 0 Å². The summed E-state index contributed by atoms with van der Waals surface area (Å²) in [6.07, 6.45) is -6.73. The van der Waals surface area contributed by atoms with E-state index in [1.165, 1.54) is 6.92 Å². The first kappa shape index (κ1) is 19.0. The molecular weight excluding hydrogens is 400 g/mol. The minimum Gasteiger partial charge on any atom is -0.459 e. The van der Waals surface area contributed by atoms with Crippen LogP contribution in [0.1, 0.15) is 34.1 Å². The highest BCUT2D eigenvalue weighted by molar-refractivity contribution is 5.93. The van der Waals surface area contributed by atoms with Crippen LogP contribution in [0.3, 0.4) is 0 Å². The predicted molar refractivity (Wildman–Crippen MR) is 92.0 cm³/mol. The fourth-order valence-electron chi connectivity index (χ4n) is 8.22. The second-order valence-electron chi connectivity index (χ2n) is 10.7. The third-order valence-corrected chi connectivity index (χ3v) is 8.91. The Kier molecular flexibility index (Phi) is 2.97. The smallest absolute Gasteiger partial charge is 0.342 e. The first-order valence-corrected chi connectivity index (χ1v) is 10.2. The summed E-state index contributed by atoms with van der Waals surface area (Å²) in [7, 11) is 0. The van der Waals surface area contributed by atoms with E-state index in [-0.39, 0.29) is 6.42 Å². The van der Waals surface area contributed by atoms with Crippen LogP contribution in [0.5, 0.6) is 0 Å². The molecule has 0 radical (unpaired) electrons. The number of esters is 3. The van der Waals surface area contributed by atoms with Crippen LogP contribution in [0.2, 0.25) is 0 Å². The van der Waals surface area contributed by atoms with Gasteiger partial charge in [-0.25, -0.2) is 9.59 Å². The van der Waals surface area contributed by atoms with Gasteiger partial charge in [0.15, 0.2) is 11.7 Å². The van der Waals surface area contributed by atoms with E-state index in [9.17, 15) is 29.7 Å². The van der Waals surface area contributed by atoms with Crippen LogP contribution < -0.4 is 0 Å². The highest BCUT2D eigenvalue weighted by atomic mass is 16.8. The van der Waals surface area contributed by atoms with E-state index >= 15 is 0 Å². The Bertz CT molecular complexity index is 925. The molecule has 0 amide bonds. The lowest BCUT2D eigenvalue weighted by molar-refractivity contribution is -0.239. The van der Waals surface area contributed by atoms with Crippen LogP contribution in [0.25, 0.3) is 0 Å². The molecule has 2 spiro atoms. The van der Waals surface area contributed by atoms with Gasteiger partial charge in [0, 0.05) is 12.3 Å². The minimum absolute atomic E-state index is 0.107. The van der Waals surface area contributed by atoms with E-state index in [0.717, 1.165) is 0 Å². The number of fused-ring (bicyclic) bond motifs is 1. The fourth-order valence-corrected chi connectivity index (χ4v) is 8.22. The SMILES string of the molecule is C[C@@H]1C(=O)O[C@H]2CC34[C@@H]5OC(=O)[C@]3(O[C@@H]3OC(=O)C(O)C34C(C(C)(C)C)[C@H]5O)[C@]21O. The van der Waals surface area contributed by atoms with Crippen molar-refractivity contribution in [3.05, 3.63) is 0 Å². The molecular formula is C20H24O10. The van der Waals surface area contributed by atoms with Gasteiger partial charge in [-0.15, -0.1) is 0 Å². The van der Waals surface area contributed by atoms with Gasteiger partial charge in [-0.3, -0.25) is 4.79 Å². The molecule has 6 rings (SSSR count). The number of aliphatic hydroxyl groups excluding tert-OH is 2. The zero-order valence-electron chi connectivity index (χ0n) is 16.9. The second kappa shape index (κ2) is 4.69. The van der Waals surface area contributed by atoms with Gasteiger partial charge in [0.2, 0.25) is 11.9 Å². The predicted octanol–water partition coefficient (Wildman–Crippen LogP) is -1.37. The van der Waals surface area contributed by atoms with Crippen LogP contribution in [0, 0.1) is 28.1 Å². The molecule has 10 nitrogen and oxygen atoms in total. The van der Waals surface area contributed by atoms with Crippen molar-refractivity contribution in [3.8, 4) is 0 Å². The number of carbonyl (C=O) groups is 3. The molecule has 2 aliphatic carbocycles. The topological polar surface area (TPSA) is 149 Å². The van der Waals surface area contributed by atoms with Crippen molar-refractivity contribution < 1.29 is 48.7 Å². The Labute approximate surface area is 171 Å².